The maximum Gasteiger partial charge on any atom is 0.407 e. The van der Waals surface area contributed by atoms with E-state index in [4.69, 9.17) is 27.0 Å². The van der Waals surface area contributed by atoms with Crippen molar-refractivity contribution in [2.24, 2.45) is 5.73 Å². The molecule has 0 radical (unpaired) electrons. The van der Waals surface area contributed by atoms with E-state index < -0.39 is 42.2 Å². The Morgan fingerprint density at radius 3 is 1.12 bits per heavy atom. The van der Waals surface area contributed by atoms with Crippen LogP contribution >= 0.6 is 81.1 Å². The first-order valence-corrected chi connectivity index (χ1v) is 37.8. The monoisotopic (exact) mass is 1620 g/mol. The molecule has 0 spiro atoms. The molecule has 0 bridgehead atoms. The van der Waals surface area contributed by atoms with Crippen LogP contribution in [-0.2, 0) is 71.0 Å². The molecule has 24 nitrogen and oxygen atoms in total. The van der Waals surface area contributed by atoms with E-state index in [9.17, 15) is 33.6 Å². The molecule has 6 atom stereocenters. The third-order valence-corrected chi connectivity index (χ3v) is 20.2. The first-order chi connectivity index (χ1) is 49.2. The van der Waals surface area contributed by atoms with Crippen molar-refractivity contribution in [3.05, 3.63) is 209 Å². The number of primary amides is 1. The number of rotatable bonds is 38. The van der Waals surface area contributed by atoms with Gasteiger partial charge < -0.3 is 62.2 Å². The minimum absolute atomic E-state index is 0. The van der Waals surface area contributed by atoms with Crippen molar-refractivity contribution in [2.45, 2.75) is 166 Å². The molecule has 554 valence electrons. The number of carbonyl (C=O) groups excluding carboxylic acids is 7. The van der Waals surface area contributed by atoms with Crippen molar-refractivity contribution >= 4 is 123 Å². The number of thiazole rings is 4. The second kappa shape index (κ2) is 45.7. The largest absolute Gasteiger partial charge is 0.444 e. The molecule has 10 amide bonds. The zero-order chi connectivity index (χ0) is 73.0. The first-order valence-electron chi connectivity index (χ1n) is 33.9. The summed E-state index contributed by atoms with van der Waals surface area (Å²) in [5, 5.41) is 26.5. The lowest BCUT2D eigenvalue weighted by atomic mass is 9.95. The number of benzene rings is 4. The molecule has 0 unspecified atom stereocenters. The summed E-state index contributed by atoms with van der Waals surface area (Å²) in [6.07, 6.45) is 7.08. The molecule has 0 saturated heterocycles. The van der Waals surface area contributed by atoms with Gasteiger partial charge in [-0.25, -0.2) is 38.8 Å². The van der Waals surface area contributed by atoms with Crippen molar-refractivity contribution in [1.29, 1.82) is 0 Å². The van der Waals surface area contributed by atoms with E-state index in [-0.39, 0.29) is 105 Å². The molecule has 8 aromatic rings. The van der Waals surface area contributed by atoms with Gasteiger partial charge in [0.05, 0.1) is 55.3 Å². The van der Waals surface area contributed by atoms with E-state index in [0.717, 1.165) is 53.4 Å². The summed E-state index contributed by atoms with van der Waals surface area (Å²) in [5.74, 6) is -0.131. The number of alkyl carbamates (subject to hydrolysis) is 2. The molecule has 4 aromatic heterocycles. The number of amides is 10. The fourth-order valence-electron chi connectivity index (χ4n) is 10.8. The van der Waals surface area contributed by atoms with Crippen LogP contribution in [0.3, 0.4) is 0 Å². The Kier molecular flexibility index (Phi) is 37.1. The molecule has 10 N–H and O–H groups in total. The van der Waals surface area contributed by atoms with Gasteiger partial charge in [0.15, 0.2) is 0 Å². The Labute approximate surface area is 641 Å². The summed E-state index contributed by atoms with van der Waals surface area (Å²) in [7, 11) is 3.32. The summed E-state index contributed by atoms with van der Waals surface area (Å²) in [5.41, 5.74) is 14.4. The molecule has 4 aromatic carbocycles. The van der Waals surface area contributed by atoms with Crippen LogP contribution in [0.15, 0.2) is 156 Å². The number of hydrogen-bond acceptors (Lipinski definition) is 18. The van der Waals surface area contributed by atoms with Gasteiger partial charge in [0.1, 0.15) is 25.3 Å². The van der Waals surface area contributed by atoms with E-state index in [1.54, 1.807) is 60.2 Å². The molecule has 8 rings (SSSR count). The Morgan fingerprint density at radius 1 is 0.476 bits per heavy atom. The predicted molar refractivity (Wildman–Crippen MR) is 417 cm³/mol. The smallest absolute Gasteiger partial charge is 0.407 e. The Morgan fingerprint density at radius 2 is 0.816 bits per heavy atom. The van der Waals surface area contributed by atoms with Crippen molar-refractivity contribution in [1.82, 2.24) is 71.8 Å². The highest BCUT2D eigenvalue weighted by molar-refractivity contribution is 14.0. The summed E-state index contributed by atoms with van der Waals surface area (Å²) in [4.78, 5) is 116. The molecule has 0 aliphatic heterocycles. The molecule has 4 heterocycles. The summed E-state index contributed by atoms with van der Waals surface area (Å²) < 4.78 is 11.0. The molecule has 0 aliphatic carbocycles. The molecule has 0 aliphatic rings. The summed E-state index contributed by atoms with van der Waals surface area (Å²) in [6, 6.07) is 34.9. The van der Waals surface area contributed by atoms with Crippen LogP contribution in [0.25, 0.3) is 0 Å². The quantitative estimate of drug-likeness (QED) is 0.0128. The number of nitrogens with zero attached hydrogens (tertiary/aromatic N) is 6. The van der Waals surface area contributed by atoms with Crippen molar-refractivity contribution in [3.8, 4) is 0 Å². The zero-order valence-corrected chi connectivity index (χ0v) is 65.1. The van der Waals surface area contributed by atoms with Crippen molar-refractivity contribution in [2.75, 3.05) is 27.2 Å². The van der Waals surface area contributed by atoms with Crippen molar-refractivity contribution in [3.63, 3.8) is 0 Å². The topological polar surface area (TPSA) is 318 Å². The maximum absolute atomic E-state index is 13.9. The Balaban J connectivity index is 0.000000321. The Hall–Kier alpha value is -8.33. The number of nitrogens with two attached hydrogens (primary N) is 1. The number of halogens is 2. The van der Waals surface area contributed by atoms with E-state index in [1.807, 2.05) is 132 Å². The number of ether oxygens (including phenoxy) is 2. The fourth-order valence-corrected chi connectivity index (χ4v) is 13.5. The molecule has 0 fully saturated rings. The van der Waals surface area contributed by atoms with Crippen LogP contribution < -0.4 is 47.8 Å². The number of carbonyl (C=O) groups is 7. The van der Waals surface area contributed by atoms with Crippen molar-refractivity contribution < 1.29 is 43.0 Å². The zero-order valence-electron chi connectivity index (χ0n) is 58.8. The van der Waals surface area contributed by atoms with Crippen LogP contribution in [0, 0.1) is 0 Å². The summed E-state index contributed by atoms with van der Waals surface area (Å²) >= 11 is 11.7. The van der Waals surface area contributed by atoms with Gasteiger partial charge in [-0.3, -0.25) is 19.6 Å². The molecule has 103 heavy (non-hydrogen) atoms. The number of nitrogens with one attached hydrogen (secondary N) is 8. The van der Waals surface area contributed by atoms with Crippen LogP contribution in [0.1, 0.15) is 131 Å². The van der Waals surface area contributed by atoms with Crippen LogP contribution in [0.5, 0.6) is 0 Å². The summed E-state index contributed by atoms with van der Waals surface area (Å²) in [6.45, 7) is 9.52. The van der Waals surface area contributed by atoms with Gasteiger partial charge in [-0.05, 0) is 98.2 Å². The van der Waals surface area contributed by atoms with Crippen LogP contribution in [0.2, 0.25) is 0 Å². The molecular weight excluding hydrogens is 1520 g/mol. The van der Waals surface area contributed by atoms with E-state index in [1.165, 1.54) is 32.5 Å². The van der Waals surface area contributed by atoms with E-state index in [0.29, 0.717) is 70.4 Å². The number of aromatic nitrogens is 4. The number of urea groups is 3. The third kappa shape index (κ3) is 31.7. The van der Waals surface area contributed by atoms with Crippen LogP contribution in [-0.4, -0.2) is 135 Å². The van der Waals surface area contributed by atoms with Crippen LogP contribution in [0.4, 0.5) is 24.0 Å². The van der Waals surface area contributed by atoms with E-state index >= 15 is 0 Å². The minimum Gasteiger partial charge on any atom is -0.444 e. The lowest BCUT2D eigenvalue weighted by Gasteiger charge is -2.27. The second-order valence-corrected chi connectivity index (χ2v) is 29.2. The Bertz CT molecular complexity index is 3780. The first kappa shape index (κ1) is 83.6. The molecular formula is C73H95ClIN15O9S4. The lowest BCUT2D eigenvalue weighted by Crippen LogP contribution is -2.53. The van der Waals surface area contributed by atoms with Gasteiger partial charge in [0.2, 0.25) is 11.8 Å². The molecule has 0 saturated carbocycles. The van der Waals surface area contributed by atoms with Gasteiger partial charge in [-0.1, -0.05) is 149 Å². The van der Waals surface area contributed by atoms with Gasteiger partial charge >= 0.3 is 30.3 Å². The third-order valence-electron chi connectivity index (χ3n) is 16.1. The minimum atomic E-state index is -0.971. The lowest BCUT2D eigenvalue weighted by molar-refractivity contribution is -0.124. The highest BCUT2D eigenvalue weighted by atomic mass is 127. The second-order valence-electron chi connectivity index (χ2n) is 25.2. The van der Waals surface area contributed by atoms with Gasteiger partial charge in [-0.15, -0.1) is 69.3 Å². The average molecular weight is 1620 g/mol. The normalized spacial score (nSPS) is 12.7. The van der Waals surface area contributed by atoms with Gasteiger partial charge in [-0.2, -0.15) is 0 Å². The highest BCUT2D eigenvalue weighted by Gasteiger charge is 2.29. The fraction of sp³-hybridized carbons (Fsp3) is 0.411. The predicted octanol–water partition coefficient (Wildman–Crippen LogP) is 12.4. The van der Waals surface area contributed by atoms with E-state index in [2.05, 4.69) is 89.7 Å². The highest BCUT2D eigenvalue weighted by Crippen LogP contribution is 2.23. The number of hydrogen-bond donors (Lipinski definition) is 9. The maximum atomic E-state index is 13.9. The average Bonchev–Trinajstić information content (AvgIpc) is 1.87. The SMILES string of the molecule is CC(C)c1nc(CN(C)C(=O)N[C@@H](CCNC(N)=O)C(=O)N[C@H](CC[C@H](Cc2ccccc2)NC(=O)OCc2cncs2)Cc2ccccc2)cs1.CC(C)c1nc(CN(C)C(=O)N[C@@H](CCNCl)C(=O)N[C@H](CC[C@H](Cc2ccccc2)NC(=O)OCc2cncs2)Cc2ccccc2)cs1.I. The molecule has 30 heteroatoms. The van der Waals surface area contributed by atoms with Gasteiger partial charge in [0.25, 0.3) is 0 Å². The van der Waals surface area contributed by atoms with Gasteiger partial charge in [0, 0.05) is 86.3 Å². The standard InChI is InChI=1S/C37H48N8O5S2.C36H46ClN7O4S2.HI/c1-25(2)34-42-30(23-51-34)21-45(3)36(48)44-32(16-17-40-35(38)47)33(46)41-28(18-26-10-6-4-7-11-26)14-15-29(19-27-12-8-5-9-13-27)43-37(49)50-22-31-20-39-24-52-31;1-25(2)34-41-30(23-49-34)21-44(3)35(46)43-32(16-17-39-37)33(45)40-28(18-26-10-6-4-7-11-26)14-15-29(19-27-12-8-5-9-13-27)42-36(47)48-22-31-20-38-24-50-31;/h4-13,20,23-25,28-29,32H,14-19,21-22H2,1-3H3,(H,41,46)(H,43,49)(H,44,48)(H3,38,40,47);4-13,20,23-25,28-29,32,39H,14-19,21-22H2,1-3H3,(H,40,45)(H,42,47)(H,43,46);1H/t2*28-,29-,32+;/m11./s1.